The molecule has 0 aliphatic heterocycles. The van der Waals surface area contributed by atoms with Gasteiger partial charge in [-0.2, -0.15) is 0 Å². The Balaban J connectivity index is 1.18. The number of benzene rings is 1. The van der Waals surface area contributed by atoms with Crippen molar-refractivity contribution in [1.82, 2.24) is 0 Å². The number of hydrogen-bond donors (Lipinski definition) is 2. The van der Waals surface area contributed by atoms with Gasteiger partial charge in [0.1, 0.15) is 0 Å². The van der Waals surface area contributed by atoms with Crippen molar-refractivity contribution in [2.45, 2.75) is 110 Å². The Kier molecular flexibility index (Phi) is 7.23. The second-order valence-electron chi connectivity index (χ2n) is 15.0. The molecule has 5 aliphatic carbocycles. The lowest BCUT2D eigenvalue weighted by Crippen LogP contribution is -2.62. The topological polar surface area (TPSA) is 66.8 Å². The number of aliphatic hydroxyl groups is 2. The lowest BCUT2D eigenvalue weighted by atomic mass is 9.41. The summed E-state index contributed by atoms with van der Waals surface area (Å²) in [5, 5.41) is 22.5. The van der Waals surface area contributed by atoms with Crippen molar-refractivity contribution in [3.8, 4) is 0 Å². The largest absolute Gasteiger partial charge is 0.465 e. The molecule has 0 heterocycles. The highest BCUT2D eigenvalue weighted by molar-refractivity contribution is 5.91. The predicted octanol–water partition coefficient (Wildman–Crippen LogP) is 7.23. The molecule has 5 saturated carbocycles. The summed E-state index contributed by atoms with van der Waals surface area (Å²) in [6, 6.07) is 8.03. The Morgan fingerprint density at radius 1 is 1.00 bits per heavy atom. The Labute approximate surface area is 236 Å². The van der Waals surface area contributed by atoms with Crippen LogP contribution in [0.3, 0.4) is 0 Å². The van der Waals surface area contributed by atoms with Gasteiger partial charge in [0.15, 0.2) is 0 Å². The van der Waals surface area contributed by atoms with Crippen LogP contribution in [0.25, 0.3) is 0 Å². The maximum atomic E-state index is 12.4. The van der Waals surface area contributed by atoms with Crippen LogP contribution >= 0.6 is 0 Å². The highest BCUT2D eigenvalue weighted by Crippen LogP contribution is 2.70. The number of aliphatic hydroxyl groups excluding tert-OH is 2. The molecule has 1 aromatic rings. The smallest absolute Gasteiger partial charge is 0.338 e. The molecule has 0 bridgehead atoms. The van der Waals surface area contributed by atoms with Gasteiger partial charge in [-0.15, -0.1) is 0 Å². The third-order valence-corrected chi connectivity index (χ3v) is 13.5. The van der Waals surface area contributed by atoms with Gasteiger partial charge in [0.2, 0.25) is 0 Å². The van der Waals surface area contributed by atoms with Crippen molar-refractivity contribution in [3.05, 3.63) is 35.4 Å². The lowest BCUT2D eigenvalue weighted by molar-refractivity contribution is -0.203. The van der Waals surface area contributed by atoms with Crippen LogP contribution in [0.15, 0.2) is 24.3 Å². The van der Waals surface area contributed by atoms with E-state index < -0.39 is 0 Å². The van der Waals surface area contributed by atoms with Crippen LogP contribution in [0.4, 0.5) is 0 Å². The van der Waals surface area contributed by atoms with E-state index in [9.17, 15) is 15.0 Å². The first kappa shape index (κ1) is 27.8. The molecule has 5 aliphatic rings. The second kappa shape index (κ2) is 10.2. The summed E-state index contributed by atoms with van der Waals surface area (Å²) >= 11 is 0. The van der Waals surface area contributed by atoms with Gasteiger partial charge in [0.25, 0.3) is 0 Å². The number of hydrogen-bond acceptors (Lipinski definition) is 4. The van der Waals surface area contributed by atoms with Crippen LogP contribution in [0, 0.1) is 58.2 Å². The summed E-state index contributed by atoms with van der Waals surface area (Å²) in [6.45, 7) is 9.89. The first-order valence-electron chi connectivity index (χ1n) is 16.2. The monoisotopic (exact) mass is 536 g/mol. The Hall–Kier alpha value is -1.39. The van der Waals surface area contributed by atoms with Crippen molar-refractivity contribution >= 4 is 5.97 Å². The number of carbonyl (C=O) groups is 1. The summed E-state index contributed by atoms with van der Waals surface area (Å²) in [4.78, 5) is 12.4. The summed E-state index contributed by atoms with van der Waals surface area (Å²) in [7, 11) is 1.47. The number of fused-ring (bicyclic) bond motifs is 5. The summed E-state index contributed by atoms with van der Waals surface area (Å²) in [5.74, 6) is 4.72. The van der Waals surface area contributed by atoms with Crippen LogP contribution < -0.4 is 0 Å². The number of methoxy groups -OCH3 is 1. The van der Waals surface area contributed by atoms with Crippen molar-refractivity contribution in [3.63, 3.8) is 0 Å². The van der Waals surface area contributed by atoms with E-state index in [0.717, 1.165) is 31.2 Å². The van der Waals surface area contributed by atoms with Crippen molar-refractivity contribution in [1.29, 1.82) is 0 Å². The third kappa shape index (κ3) is 4.33. The van der Waals surface area contributed by atoms with Crippen LogP contribution in [0.1, 0.15) is 114 Å². The Bertz CT molecular complexity index is 1070. The van der Waals surface area contributed by atoms with Crippen LogP contribution in [-0.2, 0) is 4.74 Å². The Morgan fingerprint density at radius 2 is 1.72 bits per heavy atom. The van der Waals surface area contributed by atoms with Crippen molar-refractivity contribution in [2.75, 3.05) is 7.11 Å². The average Bonchev–Trinajstić information content (AvgIpc) is 3.59. The zero-order valence-corrected chi connectivity index (χ0v) is 24.9. The fourth-order valence-electron chi connectivity index (χ4n) is 11.6. The van der Waals surface area contributed by atoms with E-state index in [4.69, 9.17) is 4.74 Å². The maximum absolute atomic E-state index is 12.4. The van der Waals surface area contributed by atoms with Gasteiger partial charge < -0.3 is 14.9 Å². The van der Waals surface area contributed by atoms with Gasteiger partial charge in [0, 0.05) is 0 Å². The standard InChI is InChI=1S/C35H52O4/c1-6-23-30-19-22(36)13-15-35(30,4)29-14-16-34(3)27(11-12-28(34)31(29)32(23)37)20(2)17-21-18-26(21)24-9-7-8-10-25(24)33(38)39-5/h7-10,20-23,26-32,36-37H,6,11-19H2,1-5H3/t20-,21?,22-,23-,26?,27?,28?,29?,30+,31?,32-,34-,35?/m1/s1. The summed E-state index contributed by atoms with van der Waals surface area (Å²) < 4.78 is 5.07. The minimum Gasteiger partial charge on any atom is -0.465 e. The molecule has 216 valence electrons. The molecule has 7 unspecified atom stereocenters. The third-order valence-electron chi connectivity index (χ3n) is 13.5. The summed E-state index contributed by atoms with van der Waals surface area (Å²) in [6.07, 6.45) is 11.1. The van der Waals surface area contributed by atoms with E-state index >= 15 is 0 Å². The fourth-order valence-corrected chi connectivity index (χ4v) is 11.6. The first-order valence-corrected chi connectivity index (χ1v) is 16.2. The van der Waals surface area contributed by atoms with Gasteiger partial charge >= 0.3 is 5.97 Å². The highest BCUT2D eigenvalue weighted by Gasteiger charge is 2.65. The van der Waals surface area contributed by atoms with Gasteiger partial charge in [-0.05, 0) is 134 Å². The molecule has 0 spiro atoms. The zero-order chi connectivity index (χ0) is 27.7. The van der Waals surface area contributed by atoms with E-state index in [1.807, 2.05) is 12.1 Å². The SMILES string of the molecule is CC[C@H]1[C@@H](O)C2C(CC[C@@]3(C)C2CCC3[C@H](C)CC2CC2c2ccccc2C(=O)OC)C2(C)CC[C@@H](O)C[C@@H]12. The van der Waals surface area contributed by atoms with Crippen LogP contribution in [0.2, 0.25) is 0 Å². The van der Waals surface area contributed by atoms with E-state index in [1.165, 1.54) is 51.2 Å². The van der Waals surface area contributed by atoms with Gasteiger partial charge in [-0.3, -0.25) is 0 Å². The number of rotatable bonds is 6. The normalized spacial score (nSPS) is 47.5. The molecule has 0 aromatic heterocycles. The molecular formula is C35H52O4. The number of esters is 1. The quantitative estimate of drug-likeness (QED) is 0.376. The predicted molar refractivity (Wildman–Crippen MR) is 154 cm³/mol. The molecule has 2 N–H and O–H groups in total. The average molecular weight is 537 g/mol. The second-order valence-corrected chi connectivity index (χ2v) is 15.0. The summed E-state index contributed by atoms with van der Waals surface area (Å²) in [5.41, 5.74) is 2.49. The van der Waals surface area contributed by atoms with Crippen molar-refractivity contribution < 1.29 is 19.7 Å². The molecule has 4 nitrogen and oxygen atoms in total. The molecule has 4 heteroatoms. The molecular weight excluding hydrogens is 484 g/mol. The van der Waals surface area contributed by atoms with Crippen LogP contribution in [0.5, 0.6) is 0 Å². The van der Waals surface area contributed by atoms with E-state index in [2.05, 4.69) is 39.8 Å². The van der Waals surface area contributed by atoms with E-state index in [1.54, 1.807) is 0 Å². The minimum absolute atomic E-state index is 0.183. The molecule has 0 amide bonds. The van der Waals surface area contributed by atoms with Gasteiger partial charge in [-0.1, -0.05) is 52.3 Å². The molecule has 6 rings (SSSR count). The van der Waals surface area contributed by atoms with E-state index in [-0.39, 0.29) is 23.6 Å². The zero-order valence-electron chi connectivity index (χ0n) is 24.9. The molecule has 1 aromatic carbocycles. The van der Waals surface area contributed by atoms with E-state index in [0.29, 0.717) is 58.7 Å². The molecule has 0 saturated heterocycles. The fraction of sp³-hybridized carbons (Fsp3) is 0.800. The van der Waals surface area contributed by atoms with Gasteiger partial charge in [-0.25, -0.2) is 4.79 Å². The molecule has 5 fully saturated rings. The van der Waals surface area contributed by atoms with Gasteiger partial charge in [0.05, 0.1) is 24.9 Å². The number of ether oxygens (including phenoxy) is 1. The molecule has 0 radical (unpaired) electrons. The minimum atomic E-state index is -0.218. The maximum Gasteiger partial charge on any atom is 0.338 e. The highest BCUT2D eigenvalue weighted by atomic mass is 16.5. The molecule has 13 atom stereocenters. The van der Waals surface area contributed by atoms with Crippen molar-refractivity contribution in [2.24, 2.45) is 58.2 Å². The Morgan fingerprint density at radius 3 is 2.46 bits per heavy atom. The molecule has 39 heavy (non-hydrogen) atoms. The number of carbonyl (C=O) groups excluding carboxylic acids is 1. The lowest BCUT2D eigenvalue weighted by Gasteiger charge is -2.64. The van der Waals surface area contributed by atoms with Crippen LogP contribution in [-0.4, -0.2) is 35.5 Å². The first-order chi connectivity index (χ1) is 18.6.